The standard InChI is InChI=1S/C23H35Cl2N3O2.C18H27Cl2N3.C2HF3O2/c1-23(2,3)30-22(29)26-18-9-7-17(8-10-18)11-12-27-13-15-28(16-14-27)20-6-4-5-19(24)21(20)25;19-16-2-1-3-17(18(16)20)23-12-10-22(11-13-23)9-8-14-4-6-15(21)7-5-14;3-2(4,5)1(6)7/h4-6,17-18H,7-16H2,1-3H3,(H,26,29);1-3,14-15H,4-13,21H2;(H,6,7). The summed E-state index contributed by atoms with van der Waals surface area (Å²) in [6.45, 7) is 16.4. The molecule has 10 nitrogen and oxygen atoms in total. The molecule has 2 aliphatic carbocycles. The smallest absolute Gasteiger partial charge is 0.475 e. The zero-order chi connectivity index (χ0) is 44.0. The van der Waals surface area contributed by atoms with Gasteiger partial charge >= 0.3 is 18.2 Å². The van der Waals surface area contributed by atoms with Gasteiger partial charge in [0.25, 0.3) is 0 Å². The zero-order valence-corrected chi connectivity index (χ0v) is 38.1. The van der Waals surface area contributed by atoms with Crippen LogP contribution in [0, 0.1) is 11.8 Å². The number of carboxylic acid groups (broad SMARTS) is 1. The maximum atomic E-state index is 11.9. The number of rotatable bonds is 9. The summed E-state index contributed by atoms with van der Waals surface area (Å²) in [7, 11) is 0. The van der Waals surface area contributed by atoms with Crippen molar-refractivity contribution < 1.29 is 32.6 Å². The van der Waals surface area contributed by atoms with Crippen molar-refractivity contribution >= 4 is 69.8 Å². The highest BCUT2D eigenvalue weighted by molar-refractivity contribution is 6.44. The number of carboxylic acids is 1. The van der Waals surface area contributed by atoms with E-state index in [1.54, 1.807) is 0 Å². The molecule has 0 bridgehead atoms. The van der Waals surface area contributed by atoms with Gasteiger partial charge in [-0.05, 0) is 134 Å². The highest BCUT2D eigenvalue weighted by Gasteiger charge is 2.38. The number of hydrogen-bond acceptors (Lipinski definition) is 8. The number of nitrogens with two attached hydrogens (primary N) is 1. The second-order valence-electron chi connectivity index (χ2n) is 17.3. The van der Waals surface area contributed by atoms with E-state index in [0.717, 1.165) is 95.0 Å². The highest BCUT2D eigenvalue weighted by Crippen LogP contribution is 2.35. The number of alkyl carbamates (subject to hydrolysis) is 1. The van der Waals surface area contributed by atoms with Gasteiger partial charge in [0.1, 0.15) is 5.60 Å². The van der Waals surface area contributed by atoms with Crippen molar-refractivity contribution in [1.29, 1.82) is 0 Å². The highest BCUT2D eigenvalue weighted by atomic mass is 35.5. The number of nitrogens with one attached hydrogen (secondary N) is 1. The number of benzene rings is 2. The minimum absolute atomic E-state index is 0.252. The average Bonchev–Trinajstić information content (AvgIpc) is 3.19. The van der Waals surface area contributed by atoms with Gasteiger partial charge in [0, 0.05) is 64.4 Å². The van der Waals surface area contributed by atoms with Gasteiger partial charge in [0.2, 0.25) is 0 Å². The lowest BCUT2D eigenvalue weighted by Gasteiger charge is -2.37. The Hall–Kier alpha value is -2.39. The summed E-state index contributed by atoms with van der Waals surface area (Å²) in [6, 6.07) is 12.4. The Morgan fingerprint density at radius 3 is 1.45 bits per heavy atom. The van der Waals surface area contributed by atoms with Crippen LogP contribution >= 0.6 is 46.4 Å². The van der Waals surface area contributed by atoms with Crippen LogP contribution in [0.15, 0.2) is 36.4 Å². The van der Waals surface area contributed by atoms with Gasteiger partial charge in [-0.25, -0.2) is 9.59 Å². The van der Waals surface area contributed by atoms with Gasteiger partial charge in [0.05, 0.1) is 31.5 Å². The van der Waals surface area contributed by atoms with Crippen molar-refractivity contribution in [2.45, 2.75) is 109 Å². The summed E-state index contributed by atoms with van der Waals surface area (Å²) in [5, 5.41) is 12.8. The molecule has 6 rings (SSSR count). The Kier molecular flexibility index (Phi) is 20.0. The van der Waals surface area contributed by atoms with Gasteiger partial charge in [-0.1, -0.05) is 58.5 Å². The van der Waals surface area contributed by atoms with E-state index in [1.165, 1.54) is 57.9 Å². The van der Waals surface area contributed by atoms with E-state index in [4.69, 9.17) is 66.8 Å². The third kappa shape index (κ3) is 17.1. The lowest BCUT2D eigenvalue weighted by molar-refractivity contribution is -0.192. The summed E-state index contributed by atoms with van der Waals surface area (Å²) in [4.78, 5) is 30.7. The van der Waals surface area contributed by atoms with Crippen LogP contribution in [0.2, 0.25) is 20.1 Å². The number of carbonyl (C=O) groups is 2. The Morgan fingerprint density at radius 1 is 0.700 bits per heavy atom. The van der Waals surface area contributed by atoms with Gasteiger partial charge in [-0.3, -0.25) is 9.80 Å². The fourth-order valence-corrected chi connectivity index (χ4v) is 9.01. The summed E-state index contributed by atoms with van der Waals surface area (Å²) < 4.78 is 37.1. The molecule has 0 radical (unpaired) electrons. The maximum absolute atomic E-state index is 11.9. The molecule has 0 aromatic heterocycles. The van der Waals surface area contributed by atoms with Crippen LogP contribution in [0.1, 0.15) is 85.0 Å². The van der Waals surface area contributed by atoms with Gasteiger partial charge in [0.15, 0.2) is 0 Å². The minimum atomic E-state index is -5.08. The summed E-state index contributed by atoms with van der Waals surface area (Å²) in [5.41, 5.74) is 7.66. The van der Waals surface area contributed by atoms with E-state index >= 15 is 0 Å². The van der Waals surface area contributed by atoms with Crippen LogP contribution in [0.3, 0.4) is 0 Å². The summed E-state index contributed by atoms with van der Waals surface area (Å²) in [5.74, 6) is -1.12. The fourth-order valence-electron chi connectivity index (χ4n) is 8.17. The van der Waals surface area contributed by atoms with E-state index in [9.17, 15) is 18.0 Å². The predicted octanol–water partition coefficient (Wildman–Crippen LogP) is 10.2. The Bertz CT molecular complexity index is 1640. The fraction of sp³-hybridized carbons (Fsp3) is 0.674. The number of anilines is 2. The van der Waals surface area contributed by atoms with Crippen molar-refractivity contribution in [2.24, 2.45) is 17.6 Å². The van der Waals surface area contributed by atoms with Crippen LogP contribution in [0.5, 0.6) is 0 Å². The molecule has 0 spiro atoms. The summed E-state index contributed by atoms with van der Waals surface area (Å²) >= 11 is 25.0. The number of ether oxygens (including phenoxy) is 1. The molecular formula is C43H63Cl4F3N6O4. The molecule has 338 valence electrons. The number of nitrogens with zero attached hydrogens (tertiary/aromatic N) is 4. The van der Waals surface area contributed by atoms with Crippen molar-refractivity contribution in [2.75, 3.05) is 75.2 Å². The molecule has 2 aliphatic heterocycles. The predicted molar refractivity (Wildman–Crippen MR) is 238 cm³/mol. The molecule has 4 fully saturated rings. The number of carbonyl (C=O) groups excluding carboxylic acids is 1. The number of aliphatic carboxylic acids is 1. The zero-order valence-electron chi connectivity index (χ0n) is 35.1. The lowest BCUT2D eigenvalue weighted by atomic mass is 9.84. The Labute approximate surface area is 374 Å². The van der Waals surface area contributed by atoms with Gasteiger partial charge in [-0.2, -0.15) is 13.2 Å². The molecular weight excluding hydrogens is 863 g/mol. The van der Waals surface area contributed by atoms with Crippen LogP contribution in [-0.4, -0.2) is 116 Å². The van der Waals surface area contributed by atoms with E-state index in [0.29, 0.717) is 26.1 Å². The topological polar surface area (TPSA) is 115 Å². The molecule has 0 atom stereocenters. The first-order valence-corrected chi connectivity index (χ1v) is 22.7. The molecule has 4 N–H and O–H groups in total. The number of hydrogen-bond donors (Lipinski definition) is 3. The van der Waals surface area contributed by atoms with Crippen LogP contribution in [0.4, 0.5) is 29.3 Å². The Morgan fingerprint density at radius 2 is 1.08 bits per heavy atom. The normalized spacial score (nSPS) is 23.1. The van der Waals surface area contributed by atoms with Crippen LogP contribution < -0.4 is 20.9 Å². The number of halogens is 7. The monoisotopic (exact) mass is 924 g/mol. The van der Waals surface area contributed by atoms with Crippen LogP contribution in [-0.2, 0) is 9.53 Å². The van der Waals surface area contributed by atoms with Crippen molar-refractivity contribution in [1.82, 2.24) is 15.1 Å². The molecule has 60 heavy (non-hydrogen) atoms. The van der Waals surface area contributed by atoms with E-state index in [2.05, 4.69) is 31.0 Å². The molecule has 1 amide bonds. The van der Waals surface area contributed by atoms with Gasteiger partial charge < -0.3 is 30.7 Å². The molecule has 2 heterocycles. The molecule has 2 saturated heterocycles. The van der Waals surface area contributed by atoms with E-state index in [1.807, 2.05) is 51.1 Å². The Balaban J connectivity index is 0.000000234. The lowest BCUT2D eigenvalue weighted by Crippen LogP contribution is -2.47. The molecule has 17 heteroatoms. The quantitative estimate of drug-likeness (QED) is 0.226. The summed E-state index contributed by atoms with van der Waals surface area (Å²) in [6.07, 6.45) is 6.70. The van der Waals surface area contributed by atoms with E-state index < -0.39 is 17.7 Å². The van der Waals surface area contributed by atoms with E-state index in [-0.39, 0.29) is 12.1 Å². The van der Waals surface area contributed by atoms with Crippen LogP contribution in [0.25, 0.3) is 0 Å². The van der Waals surface area contributed by atoms with Gasteiger partial charge in [-0.15, -0.1) is 0 Å². The van der Waals surface area contributed by atoms with Crippen molar-refractivity contribution in [3.8, 4) is 0 Å². The molecule has 0 unspecified atom stereocenters. The van der Waals surface area contributed by atoms with Crippen molar-refractivity contribution in [3.05, 3.63) is 56.5 Å². The maximum Gasteiger partial charge on any atom is 0.490 e. The average molecular weight is 927 g/mol. The second-order valence-corrected chi connectivity index (χ2v) is 18.9. The number of alkyl halides is 3. The number of amides is 1. The molecule has 2 aromatic rings. The third-order valence-electron chi connectivity index (χ3n) is 11.7. The minimum Gasteiger partial charge on any atom is -0.475 e. The third-order valence-corrected chi connectivity index (χ3v) is 13.3. The van der Waals surface area contributed by atoms with Crippen molar-refractivity contribution in [3.63, 3.8) is 0 Å². The first kappa shape index (κ1) is 50.3. The molecule has 4 aliphatic rings. The number of piperazine rings is 2. The SMILES string of the molecule is CC(C)(C)OC(=O)NC1CCC(CCN2CCN(c3cccc(Cl)c3Cl)CC2)CC1.NC1CCC(CCN2CCN(c3cccc(Cl)c3Cl)CC2)CC1.O=C(O)C(F)(F)F. The first-order valence-electron chi connectivity index (χ1n) is 21.2. The second kappa shape index (κ2) is 23.9. The first-order chi connectivity index (χ1) is 28.3. The largest absolute Gasteiger partial charge is 0.490 e. The molecule has 2 aromatic carbocycles. The molecule has 2 saturated carbocycles.